The monoisotopic (exact) mass is 299 g/mol. The van der Waals surface area contributed by atoms with E-state index < -0.39 is 0 Å². The zero-order valence-corrected chi connectivity index (χ0v) is 12.5. The van der Waals surface area contributed by atoms with Gasteiger partial charge in [-0.1, -0.05) is 24.3 Å². The van der Waals surface area contributed by atoms with Gasteiger partial charge in [0.2, 0.25) is 0 Å². The van der Waals surface area contributed by atoms with Crippen LogP contribution < -0.4 is 5.32 Å². The third kappa shape index (κ3) is 3.55. The second kappa shape index (κ2) is 6.77. The first kappa shape index (κ1) is 14.8. The van der Waals surface area contributed by atoms with Crippen molar-refractivity contribution in [3.63, 3.8) is 0 Å². The fourth-order valence-electron chi connectivity index (χ4n) is 2.82. The highest BCUT2D eigenvalue weighted by molar-refractivity contribution is 5.92. The molecule has 1 aromatic heterocycles. The van der Waals surface area contributed by atoms with Gasteiger partial charge in [0.15, 0.2) is 0 Å². The van der Waals surface area contributed by atoms with Crippen LogP contribution in [0.4, 0.5) is 0 Å². The van der Waals surface area contributed by atoms with E-state index in [-0.39, 0.29) is 12.0 Å². The number of β-amino-alcohol motifs (C(OH)–C–C–N with tert-alkyl or cyclic N) is 1. The van der Waals surface area contributed by atoms with Crippen molar-refractivity contribution in [1.82, 2.24) is 15.2 Å². The summed E-state index contributed by atoms with van der Waals surface area (Å²) in [6.07, 6.45) is 2.37. The number of H-pyrrole nitrogens is 1. The highest BCUT2D eigenvalue weighted by Crippen LogP contribution is 2.16. The lowest BCUT2D eigenvalue weighted by atomic mass is 10.1. The maximum Gasteiger partial charge on any atom is 0.267 e. The van der Waals surface area contributed by atoms with E-state index >= 15 is 0 Å². The van der Waals surface area contributed by atoms with Crippen molar-refractivity contribution < 1.29 is 9.90 Å². The zero-order valence-electron chi connectivity index (χ0n) is 12.5. The summed E-state index contributed by atoms with van der Waals surface area (Å²) in [7, 11) is 0. The highest BCUT2D eigenvalue weighted by atomic mass is 16.3. The Labute approximate surface area is 130 Å². The molecule has 1 aromatic carbocycles. The van der Waals surface area contributed by atoms with Crippen LogP contribution in [-0.4, -0.2) is 40.1 Å². The fourth-order valence-corrected chi connectivity index (χ4v) is 2.82. The first-order valence-corrected chi connectivity index (χ1v) is 7.61. The predicted molar refractivity (Wildman–Crippen MR) is 84.3 cm³/mol. The molecule has 3 rings (SSSR count). The van der Waals surface area contributed by atoms with E-state index in [0.29, 0.717) is 12.2 Å². The van der Waals surface area contributed by atoms with E-state index in [2.05, 4.69) is 21.3 Å². The van der Waals surface area contributed by atoms with E-state index in [1.54, 1.807) is 12.3 Å². The summed E-state index contributed by atoms with van der Waals surface area (Å²) in [6, 6.07) is 11.7. The number of aromatic amines is 1. The smallest absolute Gasteiger partial charge is 0.267 e. The lowest BCUT2D eigenvalue weighted by molar-refractivity contribution is 0.0946. The molecule has 1 atom stereocenters. The van der Waals surface area contributed by atoms with Crippen molar-refractivity contribution in [2.75, 3.05) is 13.1 Å². The van der Waals surface area contributed by atoms with Crippen molar-refractivity contribution in [3.8, 4) is 0 Å². The minimum absolute atomic E-state index is 0.101. The second-order valence-electron chi connectivity index (χ2n) is 5.71. The molecular weight excluding hydrogens is 278 g/mol. The minimum Gasteiger partial charge on any atom is -0.392 e. The summed E-state index contributed by atoms with van der Waals surface area (Å²) in [6.45, 7) is 2.96. The molecule has 2 heterocycles. The number of likely N-dealkylation sites (tertiary alicyclic amines) is 1. The standard InChI is InChI=1S/C17H21N3O2/c21-15-7-9-20(12-15)11-14-5-2-1-4-13(14)10-19-17(22)16-6-3-8-18-16/h1-6,8,15,18,21H,7,9-12H2,(H,19,22)/t15-/m0/s1. The van der Waals surface area contributed by atoms with Gasteiger partial charge in [0, 0.05) is 32.4 Å². The SMILES string of the molecule is O=C(NCc1ccccc1CN1CC[C@H](O)C1)c1ccc[nH]1. The number of aliphatic hydroxyl groups excluding tert-OH is 1. The maximum atomic E-state index is 12.0. The van der Waals surface area contributed by atoms with E-state index in [4.69, 9.17) is 0 Å². The van der Waals surface area contributed by atoms with Gasteiger partial charge >= 0.3 is 0 Å². The largest absolute Gasteiger partial charge is 0.392 e. The molecule has 0 aliphatic carbocycles. The normalized spacial score (nSPS) is 18.5. The lowest BCUT2D eigenvalue weighted by Gasteiger charge is -2.18. The van der Waals surface area contributed by atoms with E-state index in [0.717, 1.165) is 31.6 Å². The van der Waals surface area contributed by atoms with Crippen LogP contribution >= 0.6 is 0 Å². The molecule has 1 amide bonds. The second-order valence-corrected chi connectivity index (χ2v) is 5.71. The van der Waals surface area contributed by atoms with Crippen LogP contribution in [0.25, 0.3) is 0 Å². The average molecular weight is 299 g/mol. The summed E-state index contributed by atoms with van der Waals surface area (Å²) >= 11 is 0. The molecule has 1 aliphatic rings. The van der Waals surface area contributed by atoms with Crippen LogP contribution in [0.5, 0.6) is 0 Å². The van der Waals surface area contributed by atoms with Crippen molar-refractivity contribution in [3.05, 3.63) is 59.4 Å². The number of carbonyl (C=O) groups is 1. The van der Waals surface area contributed by atoms with Crippen LogP contribution in [0, 0.1) is 0 Å². The Bertz CT molecular complexity index is 625. The van der Waals surface area contributed by atoms with Gasteiger partial charge in [0.1, 0.15) is 5.69 Å². The van der Waals surface area contributed by atoms with Gasteiger partial charge in [0.25, 0.3) is 5.91 Å². The molecule has 0 bridgehead atoms. The lowest BCUT2D eigenvalue weighted by Crippen LogP contribution is -2.25. The van der Waals surface area contributed by atoms with Crippen LogP contribution in [0.2, 0.25) is 0 Å². The number of hydrogen-bond acceptors (Lipinski definition) is 3. The topological polar surface area (TPSA) is 68.4 Å². The molecule has 1 saturated heterocycles. The van der Waals surface area contributed by atoms with E-state index in [9.17, 15) is 9.90 Å². The van der Waals surface area contributed by atoms with Crippen molar-refractivity contribution in [2.45, 2.75) is 25.6 Å². The van der Waals surface area contributed by atoms with E-state index in [1.165, 1.54) is 5.56 Å². The molecular formula is C17H21N3O2. The van der Waals surface area contributed by atoms with E-state index in [1.807, 2.05) is 24.3 Å². The van der Waals surface area contributed by atoms with Crippen LogP contribution in [0.15, 0.2) is 42.6 Å². The molecule has 0 unspecified atom stereocenters. The number of aliphatic hydroxyl groups is 1. The van der Waals surface area contributed by atoms with Crippen molar-refractivity contribution >= 4 is 5.91 Å². The molecule has 1 fully saturated rings. The number of nitrogens with zero attached hydrogens (tertiary/aromatic N) is 1. The number of benzene rings is 1. The van der Waals surface area contributed by atoms with Gasteiger partial charge in [-0.2, -0.15) is 0 Å². The summed E-state index contributed by atoms with van der Waals surface area (Å²) in [5, 5.41) is 12.6. The Morgan fingerprint density at radius 3 is 2.77 bits per heavy atom. The van der Waals surface area contributed by atoms with Gasteiger partial charge < -0.3 is 15.4 Å². The zero-order chi connectivity index (χ0) is 15.4. The first-order valence-electron chi connectivity index (χ1n) is 7.61. The van der Waals surface area contributed by atoms with Gasteiger partial charge in [0.05, 0.1) is 6.10 Å². The summed E-state index contributed by atoms with van der Waals surface area (Å²) < 4.78 is 0. The van der Waals surface area contributed by atoms with Crippen molar-refractivity contribution in [1.29, 1.82) is 0 Å². The van der Waals surface area contributed by atoms with Gasteiger partial charge in [-0.25, -0.2) is 0 Å². The summed E-state index contributed by atoms with van der Waals surface area (Å²) in [4.78, 5) is 17.1. The number of carbonyl (C=O) groups excluding carboxylic acids is 1. The Kier molecular flexibility index (Phi) is 4.56. The van der Waals surface area contributed by atoms with Gasteiger partial charge in [-0.05, 0) is 29.7 Å². The molecule has 5 heteroatoms. The summed E-state index contributed by atoms with van der Waals surface area (Å²) in [5.74, 6) is -0.101. The minimum atomic E-state index is -0.209. The van der Waals surface area contributed by atoms with Crippen LogP contribution in [0.3, 0.4) is 0 Å². The molecule has 116 valence electrons. The predicted octanol–water partition coefficient (Wildman–Crippen LogP) is 1.51. The molecule has 0 saturated carbocycles. The fraction of sp³-hybridized carbons (Fsp3) is 0.353. The molecule has 0 radical (unpaired) electrons. The molecule has 1 aliphatic heterocycles. The Morgan fingerprint density at radius 2 is 2.09 bits per heavy atom. The summed E-state index contributed by atoms with van der Waals surface area (Å²) in [5.41, 5.74) is 2.88. The Balaban J connectivity index is 1.62. The molecule has 3 N–H and O–H groups in total. The van der Waals surface area contributed by atoms with Gasteiger partial charge in [-0.3, -0.25) is 9.69 Å². The molecule has 0 spiro atoms. The number of amides is 1. The first-order chi connectivity index (χ1) is 10.7. The number of rotatable bonds is 5. The molecule has 5 nitrogen and oxygen atoms in total. The number of hydrogen-bond donors (Lipinski definition) is 3. The molecule has 2 aromatic rings. The van der Waals surface area contributed by atoms with Gasteiger partial charge in [-0.15, -0.1) is 0 Å². The third-order valence-corrected chi connectivity index (χ3v) is 4.04. The number of aromatic nitrogens is 1. The third-order valence-electron chi connectivity index (χ3n) is 4.04. The van der Waals surface area contributed by atoms with Crippen molar-refractivity contribution in [2.24, 2.45) is 0 Å². The average Bonchev–Trinajstić information content (AvgIpc) is 3.18. The number of nitrogens with one attached hydrogen (secondary N) is 2. The maximum absolute atomic E-state index is 12.0. The highest BCUT2D eigenvalue weighted by Gasteiger charge is 2.20. The van der Waals surface area contributed by atoms with Crippen LogP contribution in [-0.2, 0) is 13.1 Å². The molecule has 22 heavy (non-hydrogen) atoms. The van der Waals surface area contributed by atoms with Crippen LogP contribution in [0.1, 0.15) is 28.0 Å². The quantitative estimate of drug-likeness (QED) is 0.784. The Morgan fingerprint density at radius 1 is 1.27 bits per heavy atom. The Hall–Kier alpha value is -2.11.